The average molecular weight is 698 g/mol. The summed E-state index contributed by atoms with van der Waals surface area (Å²) >= 11 is 0. The molecule has 0 aromatic heterocycles. The van der Waals surface area contributed by atoms with Crippen molar-refractivity contribution in [3.8, 4) is 22.3 Å². The largest absolute Gasteiger partial charge is 0.345 e. The maximum atomic E-state index is 3.36. The van der Waals surface area contributed by atoms with Crippen molar-refractivity contribution in [2.45, 2.75) is 73.1 Å². The molecule has 0 atom stereocenters. The molecule has 53 heavy (non-hydrogen) atoms. The van der Waals surface area contributed by atoms with E-state index < -0.39 is 0 Å². The third-order valence-electron chi connectivity index (χ3n) is 9.66. The molecule has 0 N–H and O–H groups in total. The molecule has 6 aromatic carbocycles. The van der Waals surface area contributed by atoms with E-state index in [2.05, 4.69) is 192 Å². The van der Waals surface area contributed by atoms with Crippen LogP contribution in [0.4, 0.5) is 11.4 Å². The summed E-state index contributed by atoms with van der Waals surface area (Å²) in [5.41, 5.74) is 14.6. The summed E-state index contributed by atoms with van der Waals surface area (Å²) in [4.78, 5) is 2.22. The first-order valence-corrected chi connectivity index (χ1v) is 19.3. The number of allylic oxidation sites excluding steroid dienone is 4. The molecule has 1 nitrogen and oxygen atoms in total. The van der Waals surface area contributed by atoms with Crippen LogP contribution in [0.2, 0.25) is 0 Å². The molecule has 0 saturated heterocycles. The monoisotopic (exact) mass is 697 g/mol. The SMILES string of the molecule is C=CC=C.CC.Cc1ccc2ccccc2c1-c1cc(-c2ccc(N(C)c3ccccc3)cc2)ccc1C(C)C.Cc1cccc(C2=CCCCC2)c1. The summed E-state index contributed by atoms with van der Waals surface area (Å²) in [6, 6.07) is 48.4. The first-order valence-electron chi connectivity index (χ1n) is 19.3. The van der Waals surface area contributed by atoms with E-state index in [0.29, 0.717) is 5.92 Å². The molecular weight excluding hydrogens is 639 g/mol. The molecule has 0 radical (unpaired) electrons. The highest BCUT2D eigenvalue weighted by Gasteiger charge is 2.15. The van der Waals surface area contributed by atoms with Gasteiger partial charge in [0, 0.05) is 18.4 Å². The Morgan fingerprint density at radius 2 is 1.28 bits per heavy atom. The summed E-state index contributed by atoms with van der Waals surface area (Å²) in [5, 5.41) is 2.61. The second kappa shape index (κ2) is 20.6. The summed E-state index contributed by atoms with van der Waals surface area (Å²) in [5.74, 6) is 0.448. The molecule has 0 amide bonds. The fraction of sp³-hybridized carbons (Fsp3) is 0.231. The molecule has 0 saturated carbocycles. The topological polar surface area (TPSA) is 3.24 Å². The first-order chi connectivity index (χ1) is 25.8. The van der Waals surface area contributed by atoms with Gasteiger partial charge >= 0.3 is 0 Å². The van der Waals surface area contributed by atoms with Gasteiger partial charge in [-0.1, -0.05) is 168 Å². The lowest BCUT2D eigenvalue weighted by atomic mass is 9.85. The van der Waals surface area contributed by atoms with Gasteiger partial charge in [-0.3, -0.25) is 0 Å². The van der Waals surface area contributed by atoms with Gasteiger partial charge in [0.15, 0.2) is 0 Å². The van der Waals surface area contributed by atoms with E-state index >= 15 is 0 Å². The highest BCUT2D eigenvalue weighted by atomic mass is 15.1. The van der Waals surface area contributed by atoms with Crippen LogP contribution in [-0.4, -0.2) is 7.05 Å². The minimum Gasteiger partial charge on any atom is -0.345 e. The number of rotatable bonds is 7. The zero-order chi connectivity index (χ0) is 38.2. The lowest BCUT2D eigenvalue weighted by Crippen LogP contribution is -2.08. The predicted octanol–water partition coefficient (Wildman–Crippen LogP) is 15.7. The molecule has 1 aliphatic carbocycles. The number of fused-ring (bicyclic) bond motifs is 1. The number of hydrogen-bond donors (Lipinski definition) is 0. The van der Waals surface area contributed by atoms with Crippen molar-refractivity contribution in [2.24, 2.45) is 0 Å². The van der Waals surface area contributed by atoms with Crippen LogP contribution in [0.1, 0.15) is 81.5 Å². The molecular formula is C52H59N. The number of para-hydroxylation sites is 1. The van der Waals surface area contributed by atoms with Crippen molar-refractivity contribution >= 4 is 27.7 Å². The number of anilines is 2. The van der Waals surface area contributed by atoms with Gasteiger partial charge in [0.05, 0.1) is 0 Å². The van der Waals surface area contributed by atoms with Crippen molar-refractivity contribution in [3.05, 3.63) is 187 Å². The van der Waals surface area contributed by atoms with Crippen LogP contribution < -0.4 is 4.90 Å². The van der Waals surface area contributed by atoms with Gasteiger partial charge in [-0.15, -0.1) is 0 Å². The Hall–Kier alpha value is -5.40. The van der Waals surface area contributed by atoms with E-state index in [1.54, 1.807) is 17.7 Å². The molecule has 1 heteroatoms. The summed E-state index contributed by atoms with van der Waals surface area (Å²) in [6.07, 6.45) is 10.9. The van der Waals surface area contributed by atoms with Crippen LogP contribution in [0.25, 0.3) is 38.6 Å². The number of nitrogens with zero attached hydrogens (tertiary/aromatic N) is 1. The van der Waals surface area contributed by atoms with Crippen molar-refractivity contribution < 1.29 is 0 Å². The molecule has 0 heterocycles. The van der Waals surface area contributed by atoms with Crippen LogP contribution >= 0.6 is 0 Å². The van der Waals surface area contributed by atoms with Crippen molar-refractivity contribution in [3.63, 3.8) is 0 Å². The Morgan fingerprint density at radius 1 is 0.623 bits per heavy atom. The Balaban J connectivity index is 0.000000272. The minimum absolute atomic E-state index is 0.448. The van der Waals surface area contributed by atoms with E-state index in [4.69, 9.17) is 0 Å². The molecule has 0 fully saturated rings. The normalized spacial score (nSPS) is 11.8. The second-order valence-electron chi connectivity index (χ2n) is 13.7. The third kappa shape index (κ3) is 10.8. The summed E-state index contributed by atoms with van der Waals surface area (Å²) < 4.78 is 0. The Kier molecular flexibility index (Phi) is 15.7. The number of hydrogen-bond acceptors (Lipinski definition) is 1. The molecule has 0 unspecified atom stereocenters. The second-order valence-corrected chi connectivity index (χ2v) is 13.7. The maximum absolute atomic E-state index is 3.36. The van der Waals surface area contributed by atoms with Gasteiger partial charge < -0.3 is 4.90 Å². The highest BCUT2D eigenvalue weighted by Crippen LogP contribution is 2.39. The molecule has 0 aliphatic heterocycles. The van der Waals surface area contributed by atoms with Gasteiger partial charge in [0.2, 0.25) is 0 Å². The van der Waals surface area contributed by atoms with Crippen molar-refractivity contribution in [1.29, 1.82) is 0 Å². The fourth-order valence-electron chi connectivity index (χ4n) is 6.82. The molecule has 7 rings (SSSR count). The summed E-state index contributed by atoms with van der Waals surface area (Å²) in [6.45, 7) is 19.7. The summed E-state index contributed by atoms with van der Waals surface area (Å²) in [7, 11) is 2.11. The van der Waals surface area contributed by atoms with E-state index in [1.165, 1.54) is 92.3 Å². The zero-order valence-corrected chi connectivity index (χ0v) is 33.2. The quantitative estimate of drug-likeness (QED) is 0.150. The van der Waals surface area contributed by atoms with Gasteiger partial charge in [-0.25, -0.2) is 0 Å². The van der Waals surface area contributed by atoms with Crippen LogP contribution in [0.5, 0.6) is 0 Å². The molecule has 272 valence electrons. The predicted molar refractivity (Wildman–Crippen MR) is 238 cm³/mol. The van der Waals surface area contributed by atoms with E-state index in [1.807, 2.05) is 13.8 Å². The Bertz CT molecular complexity index is 2070. The van der Waals surface area contributed by atoms with E-state index in [-0.39, 0.29) is 0 Å². The van der Waals surface area contributed by atoms with Crippen molar-refractivity contribution in [2.75, 3.05) is 11.9 Å². The van der Waals surface area contributed by atoms with Crippen LogP contribution in [0, 0.1) is 13.8 Å². The number of aryl methyl sites for hydroxylation is 2. The van der Waals surface area contributed by atoms with Crippen LogP contribution in [-0.2, 0) is 0 Å². The smallest absolute Gasteiger partial charge is 0.0408 e. The lowest BCUT2D eigenvalue weighted by Gasteiger charge is -2.20. The number of benzene rings is 6. The molecule has 1 aliphatic rings. The van der Waals surface area contributed by atoms with Crippen molar-refractivity contribution in [1.82, 2.24) is 0 Å². The van der Waals surface area contributed by atoms with Crippen LogP contribution in [0.15, 0.2) is 165 Å². The Labute approximate surface area is 321 Å². The van der Waals surface area contributed by atoms with Gasteiger partial charge in [0.25, 0.3) is 0 Å². The molecule has 6 aromatic rings. The van der Waals surface area contributed by atoms with Gasteiger partial charge in [0.1, 0.15) is 0 Å². The third-order valence-corrected chi connectivity index (χ3v) is 9.66. The lowest BCUT2D eigenvalue weighted by molar-refractivity contribution is 0.742. The average Bonchev–Trinajstić information content (AvgIpc) is 3.22. The Morgan fingerprint density at radius 3 is 1.92 bits per heavy atom. The van der Waals surface area contributed by atoms with Gasteiger partial charge in [-0.2, -0.15) is 0 Å². The molecule has 0 spiro atoms. The fourth-order valence-corrected chi connectivity index (χ4v) is 6.82. The standard InChI is InChI=1S/C33H31N.C13H16.C4H6.C2H6/c1-23(2)30-21-18-27(22-32(30)33-24(3)14-15-26-10-8-9-13-31(26)33)25-16-19-29(20-17-25)34(4)28-11-6-5-7-12-28;1-11-6-5-9-13(10-11)12-7-3-2-4-8-12;1-3-4-2;1-2/h5-23H,1-4H3;5-7,9-10H,2-4,8H2,1H3;3-4H,1-2H2;1-2H3. The van der Waals surface area contributed by atoms with Crippen LogP contribution in [0.3, 0.4) is 0 Å². The minimum atomic E-state index is 0.448. The van der Waals surface area contributed by atoms with E-state index in [9.17, 15) is 0 Å². The maximum Gasteiger partial charge on any atom is 0.0408 e. The molecule has 0 bridgehead atoms. The highest BCUT2D eigenvalue weighted by molar-refractivity contribution is 5.99. The van der Waals surface area contributed by atoms with E-state index in [0.717, 1.165) is 0 Å². The first kappa shape index (κ1) is 40.4. The van der Waals surface area contributed by atoms with Gasteiger partial charge in [-0.05, 0) is 131 Å². The zero-order valence-electron chi connectivity index (χ0n) is 33.2.